The fraction of sp³-hybridized carbons (Fsp3) is 0.0435. The molecule has 8 heteroatoms. The van der Waals surface area contributed by atoms with Gasteiger partial charge in [0.25, 0.3) is 11.6 Å². The molecule has 1 saturated heterocycles. The van der Waals surface area contributed by atoms with Gasteiger partial charge in [-0.2, -0.15) is 0 Å². The van der Waals surface area contributed by atoms with Gasteiger partial charge in [0.05, 0.1) is 20.4 Å². The number of benzene rings is 3. The second kappa shape index (κ2) is 9.05. The number of hydrogen-bond acceptors (Lipinski definition) is 6. The Morgan fingerprint density at radius 2 is 1.77 bits per heavy atom. The van der Waals surface area contributed by atoms with Crippen molar-refractivity contribution in [1.82, 2.24) is 0 Å². The third-order valence-corrected chi connectivity index (χ3v) is 6.91. The maximum absolute atomic E-state index is 12.9. The minimum Gasteiger partial charge on any atom is -0.268 e. The first-order valence-electron chi connectivity index (χ1n) is 9.28. The third-order valence-electron chi connectivity index (χ3n) is 4.53. The van der Waals surface area contributed by atoms with E-state index < -0.39 is 4.92 Å². The number of nitro benzene ring substituents is 1. The Labute approximate surface area is 193 Å². The molecule has 0 spiro atoms. The number of nitro groups is 1. The van der Waals surface area contributed by atoms with E-state index in [1.165, 1.54) is 34.5 Å². The predicted molar refractivity (Wildman–Crippen MR) is 130 cm³/mol. The minimum atomic E-state index is -0.400. The lowest BCUT2D eigenvalue weighted by molar-refractivity contribution is -0.387. The lowest BCUT2D eigenvalue weighted by Crippen LogP contribution is -2.27. The smallest absolute Gasteiger partial charge is 0.268 e. The van der Waals surface area contributed by atoms with E-state index in [1.54, 1.807) is 18.2 Å². The SMILES string of the molecule is Cc1ccc(Sc2ccc(/C=C3\SC(=S)N(c4ccccc4)C3=O)cc2[N+](=O)[O-])cc1. The highest BCUT2D eigenvalue weighted by Crippen LogP contribution is 2.38. The zero-order chi connectivity index (χ0) is 22.0. The summed E-state index contributed by atoms with van der Waals surface area (Å²) in [4.78, 5) is 27.5. The van der Waals surface area contributed by atoms with Crippen molar-refractivity contribution in [3.63, 3.8) is 0 Å². The summed E-state index contributed by atoms with van der Waals surface area (Å²) >= 11 is 7.90. The molecule has 5 nitrogen and oxygen atoms in total. The number of rotatable bonds is 5. The van der Waals surface area contributed by atoms with Gasteiger partial charge in [-0.1, -0.05) is 77.7 Å². The predicted octanol–water partition coefficient (Wildman–Crippen LogP) is 6.46. The number of nitrogens with zero attached hydrogens (tertiary/aromatic N) is 2. The summed E-state index contributed by atoms with van der Waals surface area (Å²) in [6.07, 6.45) is 1.65. The maximum atomic E-state index is 12.9. The van der Waals surface area contributed by atoms with Crippen LogP contribution in [-0.2, 0) is 4.79 Å². The van der Waals surface area contributed by atoms with Gasteiger partial charge in [-0.3, -0.25) is 19.8 Å². The fourth-order valence-electron chi connectivity index (χ4n) is 3.01. The number of amides is 1. The molecule has 1 aliphatic rings. The largest absolute Gasteiger partial charge is 0.283 e. The van der Waals surface area contributed by atoms with Crippen LogP contribution in [0.1, 0.15) is 11.1 Å². The van der Waals surface area contributed by atoms with Crippen LogP contribution in [0.25, 0.3) is 6.08 Å². The second-order valence-corrected chi connectivity index (χ2v) is 9.54. The molecule has 1 amide bonds. The van der Waals surface area contributed by atoms with Crippen molar-refractivity contribution in [2.45, 2.75) is 16.7 Å². The topological polar surface area (TPSA) is 63.5 Å². The van der Waals surface area contributed by atoms with Crippen molar-refractivity contribution in [1.29, 1.82) is 0 Å². The Hall–Kier alpha value is -2.94. The molecule has 0 unspecified atom stereocenters. The number of carbonyl (C=O) groups excluding carboxylic acids is 1. The van der Waals surface area contributed by atoms with E-state index in [2.05, 4.69) is 0 Å². The Morgan fingerprint density at radius 3 is 2.45 bits per heavy atom. The van der Waals surface area contributed by atoms with Crippen LogP contribution in [0.4, 0.5) is 11.4 Å². The molecule has 3 aromatic rings. The second-order valence-electron chi connectivity index (χ2n) is 6.75. The summed E-state index contributed by atoms with van der Waals surface area (Å²) in [5, 5.41) is 11.7. The molecular formula is C23H16N2O3S3. The van der Waals surface area contributed by atoms with E-state index in [-0.39, 0.29) is 11.6 Å². The van der Waals surface area contributed by atoms with Gasteiger partial charge in [0, 0.05) is 11.0 Å². The Balaban J connectivity index is 1.63. The van der Waals surface area contributed by atoms with Crippen LogP contribution in [0, 0.1) is 17.0 Å². The third kappa shape index (κ3) is 4.71. The number of carbonyl (C=O) groups is 1. The van der Waals surface area contributed by atoms with E-state index in [0.717, 1.165) is 10.5 Å². The summed E-state index contributed by atoms with van der Waals surface area (Å²) in [7, 11) is 0. The summed E-state index contributed by atoms with van der Waals surface area (Å²) < 4.78 is 0.434. The standard InChI is InChI=1S/C23H16N2O3S3/c1-15-7-10-18(11-8-15)30-20-12-9-16(13-19(20)25(27)28)14-21-22(26)24(23(29)31-21)17-5-3-2-4-6-17/h2-14H,1H3/b21-14-. The van der Waals surface area contributed by atoms with E-state index in [1.807, 2.05) is 61.5 Å². The van der Waals surface area contributed by atoms with Gasteiger partial charge in [0.1, 0.15) is 0 Å². The van der Waals surface area contributed by atoms with Crippen molar-refractivity contribution in [3.05, 3.63) is 98.9 Å². The molecule has 1 heterocycles. The van der Waals surface area contributed by atoms with Crippen LogP contribution < -0.4 is 4.90 Å². The molecule has 0 aromatic heterocycles. The van der Waals surface area contributed by atoms with Crippen LogP contribution in [-0.4, -0.2) is 15.2 Å². The maximum Gasteiger partial charge on any atom is 0.283 e. The van der Waals surface area contributed by atoms with Crippen LogP contribution >= 0.6 is 35.7 Å². The lowest BCUT2D eigenvalue weighted by atomic mass is 10.2. The van der Waals surface area contributed by atoms with Crippen molar-refractivity contribution in [2.24, 2.45) is 0 Å². The van der Waals surface area contributed by atoms with E-state index in [9.17, 15) is 14.9 Å². The molecule has 0 aliphatic carbocycles. The highest BCUT2D eigenvalue weighted by atomic mass is 32.2. The average molecular weight is 465 g/mol. The average Bonchev–Trinajstić information content (AvgIpc) is 3.04. The van der Waals surface area contributed by atoms with Crippen molar-refractivity contribution in [3.8, 4) is 0 Å². The molecule has 31 heavy (non-hydrogen) atoms. The van der Waals surface area contributed by atoms with Gasteiger partial charge in [0.2, 0.25) is 0 Å². The molecule has 3 aromatic carbocycles. The molecule has 4 rings (SSSR count). The normalized spacial score (nSPS) is 15.0. The first-order chi connectivity index (χ1) is 14.9. The number of aryl methyl sites for hydroxylation is 1. The van der Waals surface area contributed by atoms with Crippen molar-refractivity contribution >= 4 is 63.4 Å². The monoisotopic (exact) mass is 464 g/mol. The van der Waals surface area contributed by atoms with Gasteiger partial charge in [-0.15, -0.1) is 0 Å². The first-order valence-corrected chi connectivity index (χ1v) is 11.3. The molecule has 0 saturated carbocycles. The molecule has 0 bridgehead atoms. The van der Waals surface area contributed by atoms with Crippen molar-refractivity contribution in [2.75, 3.05) is 4.90 Å². The van der Waals surface area contributed by atoms with Crippen molar-refractivity contribution < 1.29 is 9.72 Å². The Morgan fingerprint density at radius 1 is 1.06 bits per heavy atom. The molecule has 1 fully saturated rings. The zero-order valence-electron chi connectivity index (χ0n) is 16.3. The number of hydrogen-bond donors (Lipinski definition) is 0. The number of thiocarbonyl (C=S) groups is 1. The van der Waals surface area contributed by atoms with E-state index in [0.29, 0.717) is 25.4 Å². The van der Waals surface area contributed by atoms with Gasteiger partial charge >= 0.3 is 0 Å². The minimum absolute atomic E-state index is 0.00198. The molecular weight excluding hydrogens is 448 g/mol. The summed E-state index contributed by atoms with van der Waals surface area (Å²) in [6.45, 7) is 1.99. The van der Waals surface area contributed by atoms with Gasteiger partial charge in [-0.25, -0.2) is 0 Å². The lowest BCUT2D eigenvalue weighted by Gasteiger charge is -2.13. The fourth-order valence-corrected chi connectivity index (χ4v) is 5.20. The highest BCUT2D eigenvalue weighted by Gasteiger charge is 2.33. The van der Waals surface area contributed by atoms with E-state index >= 15 is 0 Å². The van der Waals surface area contributed by atoms with Crippen LogP contribution in [0.3, 0.4) is 0 Å². The molecule has 0 radical (unpaired) electrons. The number of thioether (sulfide) groups is 1. The quantitative estimate of drug-likeness (QED) is 0.187. The summed E-state index contributed by atoms with van der Waals surface area (Å²) in [6, 6.07) is 22.0. The van der Waals surface area contributed by atoms with E-state index in [4.69, 9.17) is 12.2 Å². The molecule has 1 aliphatic heterocycles. The molecule has 0 N–H and O–H groups in total. The van der Waals surface area contributed by atoms with Crippen LogP contribution in [0.2, 0.25) is 0 Å². The summed E-state index contributed by atoms with van der Waals surface area (Å²) in [5.41, 5.74) is 2.40. The van der Waals surface area contributed by atoms with Crippen LogP contribution in [0.5, 0.6) is 0 Å². The zero-order valence-corrected chi connectivity index (χ0v) is 18.8. The molecule has 154 valence electrons. The summed E-state index contributed by atoms with van der Waals surface area (Å²) in [5.74, 6) is -0.234. The van der Waals surface area contributed by atoms with Crippen LogP contribution in [0.15, 0.2) is 87.5 Å². The number of para-hydroxylation sites is 1. The Kier molecular flexibility index (Phi) is 6.22. The Bertz CT molecular complexity index is 1210. The van der Waals surface area contributed by atoms with Gasteiger partial charge < -0.3 is 0 Å². The molecule has 0 atom stereocenters. The van der Waals surface area contributed by atoms with Gasteiger partial charge in [0.15, 0.2) is 4.32 Å². The van der Waals surface area contributed by atoms with Gasteiger partial charge in [-0.05, 0) is 48.9 Å². The highest BCUT2D eigenvalue weighted by molar-refractivity contribution is 8.27. The number of anilines is 1. The first kappa shape index (κ1) is 21.3.